The summed E-state index contributed by atoms with van der Waals surface area (Å²) in [6.45, 7) is 7.81. The molecule has 3 amide bonds. The number of nitrogens with zero attached hydrogens (tertiary/aromatic N) is 4. The van der Waals surface area contributed by atoms with Gasteiger partial charge in [0, 0.05) is 26.1 Å². The van der Waals surface area contributed by atoms with Crippen molar-refractivity contribution in [2.24, 2.45) is 0 Å². The number of rotatable bonds is 14. The number of amides is 3. The molecule has 0 bridgehead atoms. The molecular formula is C29H41ClN4O4. The first-order valence-corrected chi connectivity index (χ1v) is 13.5. The highest BCUT2D eigenvalue weighted by Crippen LogP contribution is 2.26. The van der Waals surface area contributed by atoms with Gasteiger partial charge in [0.05, 0.1) is 24.6 Å². The molecule has 0 saturated carbocycles. The Kier molecular flexibility index (Phi) is 12.5. The highest BCUT2D eigenvalue weighted by molar-refractivity contribution is 6.13. The zero-order chi connectivity index (χ0) is 26.8. The Morgan fingerprint density at radius 1 is 0.921 bits per heavy atom. The molecule has 3 rings (SSSR count). The van der Waals surface area contributed by atoms with Gasteiger partial charge in [0.2, 0.25) is 0 Å². The fourth-order valence-electron chi connectivity index (χ4n) is 4.43. The standard InChI is InChI=1S/C29H40N4O4.ClH/c1-5-8-11-18-31-25(27(34)32(29(31)36)17-10-7-3)19-24-20-30-26(12-9-6-2)33(24)21-22-13-15-23(16-14-22)28(35)37-4;/h13-16,19-20H,5-12,17-18,21H2,1-4H3;1H. The number of carbonyl (C=O) groups excluding carboxylic acids is 3. The lowest BCUT2D eigenvalue weighted by molar-refractivity contribution is -0.123. The van der Waals surface area contributed by atoms with E-state index in [1.165, 1.54) is 12.0 Å². The van der Waals surface area contributed by atoms with Crippen LogP contribution in [-0.2, 0) is 22.5 Å². The van der Waals surface area contributed by atoms with Gasteiger partial charge in [-0.1, -0.05) is 58.6 Å². The highest BCUT2D eigenvalue weighted by Gasteiger charge is 2.40. The molecule has 38 heavy (non-hydrogen) atoms. The maximum atomic E-state index is 13.4. The lowest BCUT2D eigenvalue weighted by Gasteiger charge is -2.17. The fraction of sp³-hybridized carbons (Fsp3) is 0.517. The van der Waals surface area contributed by atoms with E-state index in [4.69, 9.17) is 4.74 Å². The molecule has 1 aliphatic heterocycles. The third-order valence-corrected chi connectivity index (χ3v) is 6.66. The van der Waals surface area contributed by atoms with Gasteiger partial charge in [0.1, 0.15) is 11.5 Å². The number of halogens is 1. The van der Waals surface area contributed by atoms with E-state index in [0.29, 0.717) is 30.9 Å². The summed E-state index contributed by atoms with van der Waals surface area (Å²) in [7, 11) is 1.37. The Hall–Kier alpha value is -3.13. The Morgan fingerprint density at radius 2 is 1.58 bits per heavy atom. The molecule has 0 unspecified atom stereocenters. The maximum absolute atomic E-state index is 13.4. The molecule has 1 saturated heterocycles. The number of imidazole rings is 1. The summed E-state index contributed by atoms with van der Waals surface area (Å²) in [5.41, 5.74) is 2.70. The van der Waals surface area contributed by atoms with Crippen LogP contribution in [-0.4, -0.2) is 57.5 Å². The van der Waals surface area contributed by atoms with Crippen LogP contribution in [0, 0.1) is 0 Å². The largest absolute Gasteiger partial charge is 0.465 e. The second kappa shape index (κ2) is 15.3. The lowest BCUT2D eigenvalue weighted by atomic mass is 10.1. The van der Waals surface area contributed by atoms with E-state index in [9.17, 15) is 14.4 Å². The van der Waals surface area contributed by atoms with Gasteiger partial charge in [-0.05, 0) is 43.0 Å². The van der Waals surface area contributed by atoms with Crippen LogP contribution in [0.5, 0.6) is 0 Å². The molecule has 0 atom stereocenters. The average Bonchev–Trinajstić information content (AvgIpc) is 3.38. The number of aryl methyl sites for hydroxylation is 1. The number of esters is 1. The molecule has 1 aromatic heterocycles. The molecule has 2 aromatic rings. The summed E-state index contributed by atoms with van der Waals surface area (Å²) < 4.78 is 6.91. The minimum Gasteiger partial charge on any atom is -0.465 e. The number of imide groups is 1. The lowest BCUT2D eigenvalue weighted by Crippen LogP contribution is -2.34. The molecule has 0 aliphatic carbocycles. The second-order valence-corrected chi connectivity index (χ2v) is 9.46. The number of carbonyl (C=O) groups is 3. The van der Waals surface area contributed by atoms with Gasteiger partial charge in [-0.3, -0.25) is 14.6 Å². The van der Waals surface area contributed by atoms with Crippen LogP contribution in [0.2, 0.25) is 0 Å². The normalized spacial score (nSPS) is 14.4. The van der Waals surface area contributed by atoms with Crippen molar-refractivity contribution in [1.82, 2.24) is 19.4 Å². The summed E-state index contributed by atoms with van der Waals surface area (Å²) in [6, 6.07) is 7.09. The molecule has 8 nitrogen and oxygen atoms in total. The third kappa shape index (κ3) is 7.47. The van der Waals surface area contributed by atoms with Crippen LogP contribution in [0.3, 0.4) is 0 Å². The number of unbranched alkanes of at least 4 members (excludes halogenated alkanes) is 4. The van der Waals surface area contributed by atoms with E-state index in [-0.39, 0.29) is 30.3 Å². The zero-order valence-electron chi connectivity index (χ0n) is 23.1. The van der Waals surface area contributed by atoms with Crippen molar-refractivity contribution < 1.29 is 19.1 Å². The van der Waals surface area contributed by atoms with Gasteiger partial charge < -0.3 is 9.30 Å². The molecule has 1 fully saturated rings. The van der Waals surface area contributed by atoms with Crippen LogP contribution in [0.15, 0.2) is 36.2 Å². The molecule has 1 aliphatic rings. The summed E-state index contributed by atoms with van der Waals surface area (Å²) in [5, 5.41) is 0. The van der Waals surface area contributed by atoms with E-state index in [0.717, 1.165) is 68.4 Å². The van der Waals surface area contributed by atoms with E-state index in [1.807, 2.05) is 18.2 Å². The first kappa shape index (κ1) is 31.1. The van der Waals surface area contributed by atoms with E-state index < -0.39 is 0 Å². The van der Waals surface area contributed by atoms with Crippen molar-refractivity contribution in [3.05, 3.63) is 58.8 Å². The minimum absolute atomic E-state index is 0. The number of urea groups is 1. The number of methoxy groups -OCH3 is 1. The van der Waals surface area contributed by atoms with Crippen molar-refractivity contribution in [2.75, 3.05) is 20.2 Å². The number of hydrogen-bond donors (Lipinski definition) is 0. The van der Waals surface area contributed by atoms with Crippen molar-refractivity contribution in [3.63, 3.8) is 0 Å². The predicted octanol–water partition coefficient (Wildman–Crippen LogP) is 6.08. The SMILES string of the molecule is CCCCCN1C(=O)N(CCCC)C(=O)C1=Cc1cnc(CCCC)n1Cc1ccc(C(=O)OC)cc1.Cl. The Bertz CT molecular complexity index is 1110. The smallest absolute Gasteiger partial charge is 0.337 e. The molecule has 0 N–H and O–H groups in total. The van der Waals surface area contributed by atoms with Gasteiger partial charge >= 0.3 is 12.0 Å². The van der Waals surface area contributed by atoms with Gasteiger partial charge in [-0.2, -0.15) is 0 Å². The first-order valence-electron chi connectivity index (χ1n) is 13.5. The number of hydrogen-bond acceptors (Lipinski definition) is 5. The summed E-state index contributed by atoms with van der Waals surface area (Å²) >= 11 is 0. The van der Waals surface area contributed by atoms with Crippen molar-refractivity contribution in [1.29, 1.82) is 0 Å². The topological polar surface area (TPSA) is 84.7 Å². The van der Waals surface area contributed by atoms with Gasteiger partial charge in [-0.25, -0.2) is 14.6 Å². The van der Waals surface area contributed by atoms with Crippen molar-refractivity contribution in [3.8, 4) is 0 Å². The molecule has 0 spiro atoms. The van der Waals surface area contributed by atoms with Gasteiger partial charge in [0.25, 0.3) is 5.91 Å². The third-order valence-electron chi connectivity index (χ3n) is 6.66. The zero-order valence-corrected chi connectivity index (χ0v) is 23.9. The van der Waals surface area contributed by atoms with E-state index >= 15 is 0 Å². The minimum atomic E-state index is -0.372. The van der Waals surface area contributed by atoms with Crippen LogP contribution in [0.4, 0.5) is 4.79 Å². The molecule has 9 heteroatoms. The second-order valence-electron chi connectivity index (χ2n) is 9.46. The quantitative estimate of drug-likeness (QED) is 0.124. The molecule has 1 aromatic carbocycles. The Labute approximate surface area is 232 Å². The Balaban J connectivity index is 0.00000507. The summed E-state index contributed by atoms with van der Waals surface area (Å²) in [6.07, 6.45) is 11.1. The van der Waals surface area contributed by atoms with Crippen LogP contribution in [0.1, 0.15) is 93.2 Å². The number of aromatic nitrogens is 2. The van der Waals surface area contributed by atoms with Gasteiger partial charge in [0.15, 0.2) is 0 Å². The van der Waals surface area contributed by atoms with Crippen molar-refractivity contribution >= 4 is 36.4 Å². The molecule has 2 heterocycles. The first-order chi connectivity index (χ1) is 17.9. The predicted molar refractivity (Wildman–Crippen MR) is 151 cm³/mol. The Morgan fingerprint density at radius 3 is 2.21 bits per heavy atom. The van der Waals surface area contributed by atoms with Crippen LogP contribution in [0.25, 0.3) is 6.08 Å². The van der Waals surface area contributed by atoms with Crippen LogP contribution < -0.4 is 0 Å². The monoisotopic (exact) mass is 544 g/mol. The summed E-state index contributed by atoms with van der Waals surface area (Å²) in [4.78, 5) is 46.1. The van der Waals surface area contributed by atoms with Crippen LogP contribution >= 0.6 is 12.4 Å². The highest BCUT2D eigenvalue weighted by atomic mass is 35.5. The van der Waals surface area contributed by atoms with E-state index in [1.54, 1.807) is 23.2 Å². The van der Waals surface area contributed by atoms with E-state index in [2.05, 4.69) is 30.3 Å². The van der Waals surface area contributed by atoms with Gasteiger partial charge in [-0.15, -0.1) is 12.4 Å². The maximum Gasteiger partial charge on any atom is 0.337 e. The summed E-state index contributed by atoms with van der Waals surface area (Å²) in [5.74, 6) is 0.326. The fourth-order valence-corrected chi connectivity index (χ4v) is 4.43. The average molecular weight is 545 g/mol. The van der Waals surface area contributed by atoms with Crippen molar-refractivity contribution in [2.45, 2.75) is 78.7 Å². The molecular weight excluding hydrogens is 504 g/mol. The number of benzene rings is 1. The molecule has 208 valence electrons. The molecule has 0 radical (unpaired) electrons. The number of ether oxygens (including phenoxy) is 1.